The van der Waals surface area contributed by atoms with E-state index in [0.29, 0.717) is 96.6 Å². The number of halogens is 2. The summed E-state index contributed by atoms with van der Waals surface area (Å²) in [4.78, 5) is 52.6. The molecule has 19 heteroatoms. The molecule has 4 aliphatic rings. The highest BCUT2D eigenvalue weighted by Gasteiger charge is 2.57. The maximum Gasteiger partial charge on any atom is 0.211 e. The lowest BCUT2D eigenvalue weighted by Gasteiger charge is -2.56. The second-order valence-corrected chi connectivity index (χ2v) is 27.5. The quantitative estimate of drug-likeness (QED) is 0.0600. The largest absolute Gasteiger partial charge is 0.508 e. The van der Waals surface area contributed by atoms with Gasteiger partial charge in [0.05, 0.1) is 24.6 Å². The van der Waals surface area contributed by atoms with Crippen LogP contribution in [0.15, 0.2) is 121 Å². The Hall–Kier alpha value is -6.87. The number of carbonyl (C=O) groups excluding carboxylic acids is 3. The molecule has 15 nitrogen and oxygen atoms in total. The fourth-order valence-corrected chi connectivity index (χ4v) is 14.9. The molecule has 0 radical (unpaired) electrons. The van der Waals surface area contributed by atoms with Crippen molar-refractivity contribution in [2.45, 2.75) is 63.5 Å². The topological polar surface area (TPSA) is 197 Å². The summed E-state index contributed by atoms with van der Waals surface area (Å²) >= 11 is 0. The molecule has 444 valence electrons. The van der Waals surface area contributed by atoms with Crippen molar-refractivity contribution in [2.24, 2.45) is 23.7 Å². The van der Waals surface area contributed by atoms with Crippen molar-refractivity contribution in [3.8, 4) is 11.5 Å². The van der Waals surface area contributed by atoms with E-state index in [1.807, 2.05) is 34.1 Å². The molecule has 3 unspecified atom stereocenters. The first kappa shape index (κ1) is 60.3. The third kappa shape index (κ3) is 11.8. The SMILES string of the molecule is Cc1c(F)cccc1[C@H]1c2c(C(=O)c3cccc(O)c3)cccc2N(CCN(C)S(C)(=O)=O)C(C(=O)[C@H]2[C@H](C3CCCNC3)[C@@H](c3cccc(F)c3C)c3c(C(=O)c4cccc(O)c4)cccc3N2CCN(C)S(C)(=O)=O)[C@@H]1C1CCCNC1. The van der Waals surface area contributed by atoms with Crippen LogP contribution in [0.5, 0.6) is 11.5 Å². The van der Waals surface area contributed by atoms with E-state index in [9.17, 15) is 27.0 Å². The number of nitrogens with zero attached hydrogens (tertiary/aromatic N) is 4. The van der Waals surface area contributed by atoms with Gasteiger partial charge in [0.15, 0.2) is 17.3 Å². The van der Waals surface area contributed by atoms with E-state index in [-0.39, 0.29) is 77.6 Å². The summed E-state index contributed by atoms with van der Waals surface area (Å²) in [6, 6.07) is 29.9. The van der Waals surface area contributed by atoms with Gasteiger partial charge in [-0.05, 0) is 159 Å². The highest BCUT2D eigenvalue weighted by atomic mass is 32.2. The molecule has 4 N–H and O–H groups in total. The Bertz CT molecular complexity index is 3480. The molecule has 0 bridgehead atoms. The number of hydrogen-bond donors (Lipinski definition) is 4. The third-order valence-electron chi connectivity index (χ3n) is 18.4. The molecule has 6 aromatic carbocycles. The summed E-state index contributed by atoms with van der Waals surface area (Å²) in [5, 5.41) is 28.7. The van der Waals surface area contributed by atoms with E-state index in [4.69, 9.17) is 0 Å². The van der Waals surface area contributed by atoms with Crippen LogP contribution in [0.2, 0.25) is 0 Å². The van der Waals surface area contributed by atoms with E-state index in [2.05, 4.69) is 10.6 Å². The fourth-order valence-electron chi connectivity index (χ4n) is 14.1. The van der Waals surface area contributed by atoms with E-state index in [1.165, 1.54) is 59.1 Å². The Morgan fingerprint density at radius 3 is 1.31 bits per heavy atom. The number of nitrogens with one attached hydrogen (secondary N) is 2. The van der Waals surface area contributed by atoms with Crippen molar-refractivity contribution in [1.82, 2.24) is 19.2 Å². The number of rotatable bonds is 18. The summed E-state index contributed by atoms with van der Waals surface area (Å²) in [6.07, 6.45) is 4.84. The molecule has 0 spiro atoms. The minimum Gasteiger partial charge on any atom is -0.508 e. The highest BCUT2D eigenvalue weighted by molar-refractivity contribution is 7.88. The molecule has 0 amide bonds. The summed E-state index contributed by atoms with van der Waals surface area (Å²) in [5.41, 5.74) is 4.52. The molecule has 10 rings (SSSR count). The van der Waals surface area contributed by atoms with Gasteiger partial charge in [-0.1, -0.05) is 72.8 Å². The normalized spacial score (nSPS) is 22.8. The van der Waals surface area contributed by atoms with E-state index >= 15 is 23.2 Å². The number of carbonyl (C=O) groups is 3. The van der Waals surface area contributed by atoms with Crippen molar-refractivity contribution in [3.05, 3.63) is 189 Å². The van der Waals surface area contributed by atoms with Crippen molar-refractivity contribution in [3.63, 3.8) is 0 Å². The Balaban J connectivity index is 1.32. The lowest BCUT2D eigenvalue weighted by atomic mass is 9.59. The van der Waals surface area contributed by atoms with Gasteiger partial charge < -0.3 is 30.6 Å². The summed E-state index contributed by atoms with van der Waals surface area (Å²) in [7, 11) is -4.71. The van der Waals surface area contributed by atoms with Crippen LogP contribution in [-0.2, 0) is 24.8 Å². The van der Waals surface area contributed by atoms with Gasteiger partial charge in [0.1, 0.15) is 23.1 Å². The number of piperidine rings is 2. The molecule has 4 heterocycles. The first-order valence-electron chi connectivity index (χ1n) is 28.8. The number of fused-ring (bicyclic) bond motifs is 2. The number of Topliss-reactive ketones (excluding diaryl/α,β-unsaturated/α-hetero) is 1. The van der Waals surface area contributed by atoms with Gasteiger partial charge in [-0.15, -0.1) is 0 Å². The van der Waals surface area contributed by atoms with Crippen molar-refractivity contribution in [2.75, 3.05) is 88.8 Å². The molecule has 6 aromatic rings. The van der Waals surface area contributed by atoms with Crippen LogP contribution in [0.1, 0.15) is 103 Å². The minimum atomic E-state index is -3.82. The Morgan fingerprint density at radius 1 is 0.571 bits per heavy atom. The number of ketones is 3. The molecule has 84 heavy (non-hydrogen) atoms. The molecule has 2 saturated heterocycles. The number of sulfonamides is 2. The fraction of sp³-hybridized carbons (Fsp3) is 0.400. The van der Waals surface area contributed by atoms with Gasteiger partial charge in [0.25, 0.3) is 0 Å². The maximum atomic E-state index is 18.1. The van der Waals surface area contributed by atoms with E-state index in [1.54, 1.807) is 74.5 Å². The van der Waals surface area contributed by atoms with Crippen LogP contribution in [0.3, 0.4) is 0 Å². The van der Waals surface area contributed by atoms with Gasteiger partial charge >= 0.3 is 0 Å². The van der Waals surface area contributed by atoms with Gasteiger partial charge in [-0.2, -0.15) is 0 Å². The zero-order valence-corrected chi connectivity index (χ0v) is 49.9. The van der Waals surface area contributed by atoms with Gasteiger partial charge in [-0.25, -0.2) is 34.2 Å². The summed E-state index contributed by atoms with van der Waals surface area (Å²) in [5.74, 6) is -6.37. The Morgan fingerprint density at radius 2 is 0.952 bits per heavy atom. The third-order valence-corrected chi connectivity index (χ3v) is 21.0. The summed E-state index contributed by atoms with van der Waals surface area (Å²) in [6.45, 7) is 5.25. The Kier molecular flexibility index (Phi) is 17.7. The number of phenolic OH excluding ortho intramolecular Hbond substituents is 2. The van der Waals surface area contributed by atoms with Crippen LogP contribution in [0.25, 0.3) is 0 Å². The van der Waals surface area contributed by atoms with Crippen LogP contribution >= 0.6 is 0 Å². The van der Waals surface area contributed by atoms with Crippen LogP contribution in [0, 0.1) is 49.2 Å². The van der Waals surface area contributed by atoms with Gasteiger partial charge in [0.2, 0.25) is 20.0 Å². The lowest BCUT2D eigenvalue weighted by Crippen LogP contribution is -2.65. The van der Waals surface area contributed by atoms with Crippen molar-refractivity contribution >= 4 is 48.8 Å². The highest BCUT2D eigenvalue weighted by Crippen LogP contribution is 2.57. The number of aromatic hydroxyl groups is 2. The molecular weight excluding hydrogens is 1110 g/mol. The average Bonchev–Trinajstić information content (AvgIpc) is 0.908. The van der Waals surface area contributed by atoms with Crippen molar-refractivity contribution in [1.29, 1.82) is 0 Å². The average molecular weight is 1190 g/mol. The molecular formula is C65H74F2N6O9S2. The minimum absolute atomic E-state index is 0.0625. The molecule has 0 aromatic heterocycles. The molecule has 0 aliphatic carbocycles. The monoisotopic (exact) mass is 1180 g/mol. The molecule has 0 saturated carbocycles. The molecule has 4 aliphatic heterocycles. The summed E-state index contributed by atoms with van der Waals surface area (Å²) < 4.78 is 89.4. The molecule has 8 atom stereocenters. The number of hydrogen-bond acceptors (Lipinski definition) is 13. The second-order valence-electron chi connectivity index (χ2n) is 23.3. The zero-order chi connectivity index (χ0) is 59.9. The molecule has 2 fully saturated rings. The lowest BCUT2D eigenvalue weighted by molar-refractivity contribution is -0.126. The van der Waals surface area contributed by atoms with E-state index in [0.717, 1.165) is 12.5 Å². The standard InChI is InChI=1S/C65H74F2N6O9S2/c1-39-47(21-9-25-51(39)66)59-55(43-17-13-29-68-37-43)61(72(33-31-70(3)83(5,79)80)53-27-11-23-49(57(53)59)63(76)41-15-7-19-45(74)35-41)65(78)62-56(44-18-14-30-69-38-44)60(48-22-10-26-52(67)40(48)2)58-50(64(77)42-16-8-20-46(75)36-42)24-12-28-54(58)73(62)34-32-71(4)84(6,81)82/h7-12,15-16,19-28,35-36,43-44,55-56,59-62,68-69,74-75H,13-14,17-18,29-34,37-38H2,1-6H3/t43?,44?,55-,56-,59-,60-,61-,62?/m1/s1. The van der Waals surface area contributed by atoms with Crippen LogP contribution in [-0.4, -0.2) is 144 Å². The number of benzene rings is 6. The van der Waals surface area contributed by atoms with Gasteiger partial charge in [0, 0.05) is 97.6 Å². The van der Waals surface area contributed by atoms with Crippen molar-refractivity contribution < 1.29 is 50.2 Å². The number of anilines is 2. The first-order chi connectivity index (χ1) is 40.1. The van der Waals surface area contributed by atoms with Crippen LogP contribution < -0.4 is 20.4 Å². The number of likely N-dealkylation sites (N-methyl/N-ethyl adjacent to an activating group) is 2. The number of phenols is 2. The smallest absolute Gasteiger partial charge is 0.211 e. The van der Waals surface area contributed by atoms with E-state index < -0.39 is 79.0 Å². The first-order valence-corrected chi connectivity index (χ1v) is 32.5. The zero-order valence-electron chi connectivity index (χ0n) is 48.3. The second kappa shape index (κ2) is 24.6. The maximum absolute atomic E-state index is 18.1. The van der Waals surface area contributed by atoms with Crippen LogP contribution in [0.4, 0.5) is 20.2 Å². The predicted molar refractivity (Wildman–Crippen MR) is 322 cm³/mol. The Labute approximate surface area is 491 Å². The predicted octanol–water partition coefficient (Wildman–Crippen LogP) is 8.38. The van der Waals surface area contributed by atoms with Gasteiger partial charge in [-0.3, -0.25) is 14.4 Å².